The number of ether oxygens (including phenoxy) is 1. The normalized spacial score (nSPS) is 11.4. The van der Waals surface area contributed by atoms with Crippen LogP contribution in [0.5, 0.6) is 5.75 Å². The Hall–Kier alpha value is -1.31. The molecular weight excluding hydrogens is 224 g/mol. The molecule has 0 unspecified atom stereocenters. The molecule has 0 radical (unpaired) electrons. The standard InChI is InChI=1S/C16H24O2/c1-11-7-8-13(15(18-6)12(11)2)9-10-14(17)16(3,4)5/h7-8H,9-10H2,1-6H3. The van der Waals surface area contributed by atoms with Crippen molar-refractivity contribution >= 4 is 5.78 Å². The summed E-state index contributed by atoms with van der Waals surface area (Å²) in [5.41, 5.74) is 3.25. The van der Waals surface area contributed by atoms with Gasteiger partial charge in [-0.1, -0.05) is 32.9 Å². The molecule has 0 N–H and O–H groups in total. The number of ketones is 1. The van der Waals surface area contributed by atoms with Gasteiger partial charge >= 0.3 is 0 Å². The van der Waals surface area contributed by atoms with E-state index >= 15 is 0 Å². The van der Waals surface area contributed by atoms with E-state index in [4.69, 9.17) is 4.74 Å². The van der Waals surface area contributed by atoms with E-state index in [-0.39, 0.29) is 5.41 Å². The van der Waals surface area contributed by atoms with Crippen molar-refractivity contribution in [3.8, 4) is 5.75 Å². The summed E-state index contributed by atoms with van der Waals surface area (Å²) in [6, 6.07) is 4.16. The van der Waals surface area contributed by atoms with E-state index < -0.39 is 0 Å². The second kappa shape index (κ2) is 5.55. The average Bonchev–Trinajstić information content (AvgIpc) is 2.29. The fourth-order valence-corrected chi connectivity index (χ4v) is 1.95. The smallest absolute Gasteiger partial charge is 0.138 e. The van der Waals surface area contributed by atoms with Crippen molar-refractivity contribution in [2.45, 2.75) is 47.5 Å². The minimum atomic E-state index is -0.257. The fraction of sp³-hybridized carbons (Fsp3) is 0.562. The van der Waals surface area contributed by atoms with Gasteiger partial charge in [0.15, 0.2) is 0 Å². The summed E-state index contributed by atoms with van der Waals surface area (Å²) in [5, 5.41) is 0. The van der Waals surface area contributed by atoms with Crippen molar-refractivity contribution in [2.75, 3.05) is 7.11 Å². The maximum absolute atomic E-state index is 11.9. The van der Waals surface area contributed by atoms with Crippen LogP contribution in [0.2, 0.25) is 0 Å². The molecule has 18 heavy (non-hydrogen) atoms. The van der Waals surface area contributed by atoms with Gasteiger partial charge in [-0.25, -0.2) is 0 Å². The lowest BCUT2D eigenvalue weighted by atomic mass is 9.87. The summed E-state index contributed by atoms with van der Waals surface area (Å²) in [6.45, 7) is 10.0. The first-order valence-electron chi connectivity index (χ1n) is 6.43. The van der Waals surface area contributed by atoms with Crippen LogP contribution in [0.3, 0.4) is 0 Å². The van der Waals surface area contributed by atoms with Gasteiger partial charge in [-0.15, -0.1) is 0 Å². The molecule has 0 saturated carbocycles. The molecule has 2 heteroatoms. The number of hydrogen-bond acceptors (Lipinski definition) is 2. The van der Waals surface area contributed by atoms with Gasteiger partial charge < -0.3 is 4.74 Å². The first kappa shape index (κ1) is 14.7. The van der Waals surface area contributed by atoms with Gasteiger partial charge in [-0.3, -0.25) is 4.79 Å². The highest BCUT2D eigenvalue weighted by Crippen LogP contribution is 2.28. The second-order valence-electron chi connectivity index (χ2n) is 5.87. The van der Waals surface area contributed by atoms with Crippen LogP contribution in [0.1, 0.15) is 43.9 Å². The molecule has 0 spiro atoms. The van der Waals surface area contributed by atoms with Crippen LogP contribution in [0.4, 0.5) is 0 Å². The number of carbonyl (C=O) groups is 1. The van der Waals surface area contributed by atoms with Crippen molar-refractivity contribution in [3.63, 3.8) is 0 Å². The predicted molar refractivity (Wildman–Crippen MR) is 75.3 cm³/mol. The lowest BCUT2D eigenvalue weighted by Crippen LogP contribution is -2.20. The topological polar surface area (TPSA) is 26.3 Å². The summed E-state index contributed by atoms with van der Waals surface area (Å²) in [7, 11) is 1.69. The first-order chi connectivity index (χ1) is 8.27. The number of hydrogen-bond donors (Lipinski definition) is 0. The van der Waals surface area contributed by atoms with Crippen LogP contribution in [0.15, 0.2) is 12.1 Å². The number of aryl methyl sites for hydroxylation is 2. The molecule has 0 saturated heterocycles. The Labute approximate surface area is 110 Å². The predicted octanol–water partition coefficient (Wildman–Crippen LogP) is 3.86. The third kappa shape index (κ3) is 3.34. The van der Waals surface area contributed by atoms with Gasteiger partial charge in [0.05, 0.1) is 7.11 Å². The Bertz CT molecular complexity index is 439. The Morgan fingerprint density at radius 1 is 1.22 bits per heavy atom. The van der Waals surface area contributed by atoms with Crippen LogP contribution in [0, 0.1) is 19.3 Å². The number of rotatable bonds is 4. The highest BCUT2D eigenvalue weighted by Gasteiger charge is 2.21. The minimum Gasteiger partial charge on any atom is -0.496 e. The van der Waals surface area contributed by atoms with E-state index in [0.29, 0.717) is 12.2 Å². The first-order valence-corrected chi connectivity index (χ1v) is 6.43. The number of methoxy groups -OCH3 is 1. The van der Waals surface area contributed by atoms with Crippen molar-refractivity contribution < 1.29 is 9.53 Å². The summed E-state index contributed by atoms with van der Waals surface area (Å²) in [4.78, 5) is 11.9. The molecule has 0 fully saturated rings. The van der Waals surface area contributed by atoms with Crippen LogP contribution in [-0.4, -0.2) is 12.9 Å². The molecule has 1 aromatic carbocycles. The molecule has 0 aliphatic carbocycles. The van der Waals surface area contributed by atoms with Gasteiger partial charge in [0.2, 0.25) is 0 Å². The molecule has 0 aliphatic rings. The molecule has 0 bridgehead atoms. The van der Waals surface area contributed by atoms with E-state index in [2.05, 4.69) is 26.0 Å². The third-order valence-electron chi connectivity index (χ3n) is 3.42. The molecular formula is C16H24O2. The molecule has 1 aromatic rings. The lowest BCUT2D eigenvalue weighted by molar-refractivity contribution is -0.126. The Morgan fingerprint density at radius 2 is 1.83 bits per heavy atom. The lowest BCUT2D eigenvalue weighted by Gasteiger charge is -2.18. The summed E-state index contributed by atoms with van der Waals surface area (Å²) < 4.78 is 5.46. The van der Waals surface area contributed by atoms with E-state index in [1.165, 1.54) is 11.1 Å². The van der Waals surface area contributed by atoms with Gasteiger partial charge in [-0.05, 0) is 37.0 Å². The molecule has 0 amide bonds. The second-order valence-corrected chi connectivity index (χ2v) is 5.87. The SMILES string of the molecule is COc1c(CCC(=O)C(C)(C)C)ccc(C)c1C. The zero-order valence-corrected chi connectivity index (χ0v) is 12.4. The average molecular weight is 248 g/mol. The van der Waals surface area contributed by atoms with Crippen LogP contribution >= 0.6 is 0 Å². The largest absolute Gasteiger partial charge is 0.496 e. The van der Waals surface area contributed by atoms with E-state index in [9.17, 15) is 4.79 Å². The zero-order chi connectivity index (χ0) is 13.9. The molecule has 0 aliphatic heterocycles. The Balaban J connectivity index is 2.86. The van der Waals surface area contributed by atoms with Crippen LogP contribution in [0.25, 0.3) is 0 Å². The fourth-order valence-electron chi connectivity index (χ4n) is 1.95. The quantitative estimate of drug-likeness (QED) is 0.808. The molecule has 1 rings (SSSR count). The maximum atomic E-state index is 11.9. The highest BCUT2D eigenvalue weighted by atomic mass is 16.5. The van der Waals surface area contributed by atoms with Gasteiger partial charge in [0.1, 0.15) is 11.5 Å². The molecule has 2 nitrogen and oxygen atoms in total. The summed E-state index contributed by atoms with van der Waals surface area (Å²) in [6.07, 6.45) is 1.32. The third-order valence-corrected chi connectivity index (χ3v) is 3.42. The van der Waals surface area contributed by atoms with Crippen molar-refractivity contribution in [3.05, 3.63) is 28.8 Å². The van der Waals surface area contributed by atoms with Gasteiger partial charge in [0, 0.05) is 11.8 Å². The van der Waals surface area contributed by atoms with Crippen LogP contribution in [-0.2, 0) is 11.2 Å². The van der Waals surface area contributed by atoms with E-state index in [1.54, 1.807) is 7.11 Å². The monoisotopic (exact) mass is 248 g/mol. The molecule has 0 aromatic heterocycles. The van der Waals surface area contributed by atoms with Crippen molar-refractivity contribution in [1.29, 1.82) is 0 Å². The minimum absolute atomic E-state index is 0.257. The molecule has 0 atom stereocenters. The maximum Gasteiger partial charge on any atom is 0.138 e. The summed E-state index contributed by atoms with van der Waals surface area (Å²) in [5.74, 6) is 1.22. The number of Topliss-reactive ketones (excluding diaryl/α,β-unsaturated/α-hetero) is 1. The molecule has 100 valence electrons. The van der Waals surface area contributed by atoms with E-state index in [1.807, 2.05) is 20.8 Å². The Morgan fingerprint density at radius 3 is 2.33 bits per heavy atom. The van der Waals surface area contributed by atoms with Crippen molar-refractivity contribution in [2.24, 2.45) is 5.41 Å². The number of benzene rings is 1. The highest BCUT2D eigenvalue weighted by molar-refractivity contribution is 5.83. The van der Waals surface area contributed by atoms with Gasteiger partial charge in [-0.2, -0.15) is 0 Å². The van der Waals surface area contributed by atoms with Crippen molar-refractivity contribution in [1.82, 2.24) is 0 Å². The zero-order valence-electron chi connectivity index (χ0n) is 12.4. The Kier molecular flexibility index (Phi) is 4.55. The van der Waals surface area contributed by atoms with Gasteiger partial charge in [0.25, 0.3) is 0 Å². The van der Waals surface area contributed by atoms with E-state index in [0.717, 1.165) is 17.7 Å². The molecule has 0 heterocycles. The van der Waals surface area contributed by atoms with Crippen LogP contribution < -0.4 is 4.74 Å². The summed E-state index contributed by atoms with van der Waals surface area (Å²) >= 11 is 0. The number of carbonyl (C=O) groups excluding carboxylic acids is 1.